The van der Waals surface area contributed by atoms with E-state index in [0.29, 0.717) is 0 Å². The topological polar surface area (TPSA) is 12.0 Å². The fourth-order valence-electron chi connectivity index (χ4n) is 5.51. The van der Waals surface area contributed by atoms with Crippen molar-refractivity contribution in [1.82, 2.24) is 5.32 Å². The largest absolute Gasteiger partial charge is 0.314 e. The lowest BCUT2D eigenvalue weighted by Gasteiger charge is -2.56. The van der Waals surface area contributed by atoms with Gasteiger partial charge in [-0.3, -0.25) is 0 Å². The molecule has 4 bridgehead atoms. The molecule has 0 amide bonds. The summed E-state index contributed by atoms with van der Waals surface area (Å²) in [7, 11) is 0. The first-order valence-electron chi connectivity index (χ1n) is 8.05. The third-order valence-corrected chi connectivity index (χ3v) is 5.86. The van der Waals surface area contributed by atoms with Crippen LogP contribution in [0.2, 0.25) is 0 Å². The lowest BCUT2D eigenvalue weighted by atomic mass is 9.50. The predicted molar refractivity (Wildman–Crippen MR) is 72.9 cm³/mol. The highest BCUT2D eigenvalue weighted by Gasteiger charge is 2.49. The zero-order valence-electron chi connectivity index (χ0n) is 11.6. The van der Waals surface area contributed by atoms with Crippen molar-refractivity contribution in [1.29, 1.82) is 0 Å². The van der Waals surface area contributed by atoms with Gasteiger partial charge in [-0.25, -0.2) is 0 Å². The molecule has 0 heterocycles. The molecule has 4 saturated carbocycles. The van der Waals surface area contributed by atoms with Crippen molar-refractivity contribution >= 4 is 0 Å². The highest BCUT2D eigenvalue weighted by atomic mass is 14.9. The molecule has 1 unspecified atom stereocenters. The fourth-order valence-corrected chi connectivity index (χ4v) is 5.51. The van der Waals surface area contributed by atoms with Gasteiger partial charge in [0.15, 0.2) is 0 Å². The van der Waals surface area contributed by atoms with Crippen molar-refractivity contribution in [2.24, 2.45) is 29.6 Å². The van der Waals surface area contributed by atoms with Crippen LogP contribution in [0.25, 0.3) is 0 Å². The van der Waals surface area contributed by atoms with Gasteiger partial charge in [0, 0.05) is 6.04 Å². The molecule has 4 rings (SSSR count). The quantitative estimate of drug-likeness (QED) is 0.763. The molecule has 98 valence electrons. The van der Waals surface area contributed by atoms with Gasteiger partial charge in [0.05, 0.1) is 0 Å². The first-order chi connectivity index (χ1) is 8.31. The maximum atomic E-state index is 3.85. The maximum Gasteiger partial charge on any atom is 0.00979 e. The van der Waals surface area contributed by atoms with E-state index in [-0.39, 0.29) is 0 Å². The Kier molecular flexibility index (Phi) is 3.47. The first-order valence-corrected chi connectivity index (χ1v) is 8.05. The van der Waals surface area contributed by atoms with Crippen LogP contribution in [-0.4, -0.2) is 12.6 Å². The molecular weight excluding hydrogens is 206 g/mol. The summed E-state index contributed by atoms with van der Waals surface area (Å²) in [5, 5.41) is 3.85. The van der Waals surface area contributed by atoms with Crippen LogP contribution in [0.15, 0.2) is 0 Å². The molecule has 0 aliphatic heterocycles. The Morgan fingerprint density at radius 3 is 2.00 bits per heavy atom. The van der Waals surface area contributed by atoms with Crippen LogP contribution in [0, 0.1) is 29.6 Å². The van der Waals surface area contributed by atoms with Crippen LogP contribution >= 0.6 is 0 Å². The van der Waals surface area contributed by atoms with Crippen molar-refractivity contribution in [3.8, 4) is 0 Å². The van der Waals surface area contributed by atoms with E-state index >= 15 is 0 Å². The molecule has 17 heavy (non-hydrogen) atoms. The minimum atomic E-state index is 0.824. The second kappa shape index (κ2) is 4.91. The lowest BCUT2D eigenvalue weighted by molar-refractivity contribution is -0.0522. The van der Waals surface area contributed by atoms with Crippen LogP contribution < -0.4 is 5.32 Å². The van der Waals surface area contributed by atoms with Crippen LogP contribution in [0.4, 0.5) is 0 Å². The van der Waals surface area contributed by atoms with Crippen LogP contribution in [0.1, 0.15) is 58.8 Å². The third kappa shape index (κ3) is 2.16. The standard InChI is InChI=1S/C16H29N/c1-3-5-17-15(4-2)16-13-7-11-6-12(9-13)10-14(16)8-11/h11-17H,3-10H2,1-2H3. The molecule has 1 nitrogen and oxygen atoms in total. The molecule has 0 spiro atoms. The summed E-state index contributed by atoms with van der Waals surface area (Å²) in [5.41, 5.74) is 0. The second-order valence-electron chi connectivity index (χ2n) is 6.98. The SMILES string of the molecule is CCCNC(CC)C1C2CC3CC(C2)CC1C3. The molecule has 0 radical (unpaired) electrons. The van der Waals surface area contributed by atoms with Crippen LogP contribution in [0.5, 0.6) is 0 Å². The Bertz CT molecular complexity index is 232. The Balaban J connectivity index is 1.69. The van der Waals surface area contributed by atoms with Crippen molar-refractivity contribution in [2.45, 2.75) is 64.8 Å². The average Bonchev–Trinajstić information content (AvgIpc) is 2.31. The molecule has 0 saturated heterocycles. The zero-order chi connectivity index (χ0) is 11.8. The Hall–Kier alpha value is -0.0400. The minimum absolute atomic E-state index is 0.824. The summed E-state index contributed by atoms with van der Waals surface area (Å²) in [6.07, 6.45) is 10.5. The molecule has 0 aromatic carbocycles. The molecule has 0 aromatic rings. The number of hydrogen-bond acceptors (Lipinski definition) is 1. The van der Waals surface area contributed by atoms with Crippen LogP contribution in [-0.2, 0) is 0 Å². The molecular formula is C16H29N. The monoisotopic (exact) mass is 235 g/mol. The number of hydrogen-bond donors (Lipinski definition) is 1. The van der Waals surface area contributed by atoms with Gasteiger partial charge >= 0.3 is 0 Å². The van der Waals surface area contributed by atoms with Gasteiger partial charge in [0.25, 0.3) is 0 Å². The van der Waals surface area contributed by atoms with Crippen molar-refractivity contribution in [2.75, 3.05) is 6.54 Å². The maximum absolute atomic E-state index is 3.85. The Morgan fingerprint density at radius 2 is 1.53 bits per heavy atom. The van der Waals surface area contributed by atoms with Gasteiger partial charge in [-0.2, -0.15) is 0 Å². The van der Waals surface area contributed by atoms with Gasteiger partial charge < -0.3 is 5.32 Å². The normalized spacial score (nSPS) is 45.2. The Labute approximate surface area is 107 Å². The summed E-state index contributed by atoms with van der Waals surface area (Å²) >= 11 is 0. The van der Waals surface area contributed by atoms with E-state index in [1.54, 1.807) is 32.1 Å². The first kappa shape index (κ1) is 12.0. The molecule has 4 fully saturated rings. The van der Waals surface area contributed by atoms with Gasteiger partial charge in [0.1, 0.15) is 0 Å². The lowest BCUT2D eigenvalue weighted by Crippen LogP contribution is -2.52. The third-order valence-electron chi connectivity index (χ3n) is 5.86. The molecule has 1 heteroatoms. The zero-order valence-corrected chi connectivity index (χ0v) is 11.6. The Morgan fingerprint density at radius 1 is 0.941 bits per heavy atom. The average molecular weight is 235 g/mol. The van der Waals surface area contributed by atoms with E-state index in [2.05, 4.69) is 19.2 Å². The van der Waals surface area contributed by atoms with Crippen molar-refractivity contribution < 1.29 is 0 Å². The predicted octanol–water partition coefficient (Wildman–Crippen LogP) is 3.84. The van der Waals surface area contributed by atoms with Crippen molar-refractivity contribution in [3.05, 3.63) is 0 Å². The van der Waals surface area contributed by atoms with E-state index < -0.39 is 0 Å². The van der Waals surface area contributed by atoms with Gasteiger partial charge in [-0.05, 0) is 81.1 Å². The molecule has 4 aliphatic rings. The second-order valence-corrected chi connectivity index (χ2v) is 6.98. The molecule has 1 atom stereocenters. The summed E-state index contributed by atoms with van der Waals surface area (Å²) in [6, 6.07) is 0.824. The van der Waals surface area contributed by atoms with Gasteiger partial charge in [-0.15, -0.1) is 0 Å². The highest BCUT2D eigenvalue weighted by Crippen LogP contribution is 2.57. The fraction of sp³-hybridized carbons (Fsp3) is 1.00. The van der Waals surface area contributed by atoms with Gasteiger partial charge in [-0.1, -0.05) is 13.8 Å². The molecule has 1 N–H and O–H groups in total. The highest BCUT2D eigenvalue weighted by molar-refractivity contribution is 5.01. The minimum Gasteiger partial charge on any atom is -0.314 e. The number of rotatable bonds is 5. The van der Waals surface area contributed by atoms with Crippen molar-refractivity contribution in [3.63, 3.8) is 0 Å². The van der Waals surface area contributed by atoms with E-state index in [4.69, 9.17) is 0 Å². The van der Waals surface area contributed by atoms with E-state index in [9.17, 15) is 0 Å². The van der Waals surface area contributed by atoms with Crippen LogP contribution in [0.3, 0.4) is 0 Å². The summed E-state index contributed by atoms with van der Waals surface area (Å²) in [5.74, 6) is 5.44. The van der Waals surface area contributed by atoms with E-state index in [1.807, 2.05) is 0 Å². The summed E-state index contributed by atoms with van der Waals surface area (Å²) in [6.45, 7) is 5.90. The smallest absolute Gasteiger partial charge is 0.00979 e. The molecule has 0 aromatic heterocycles. The number of nitrogens with one attached hydrogen (secondary N) is 1. The summed E-state index contributed by atoms with van der Waals surface area (Å²) in [4.78, 5) is 0. The summed E-state index contributed by atoms with van der Waals surface area (Å²) < 4.78 is 0. The van der Waals surface area contributed by atoms with E-state index in [0.717, 1.165) is 35.6 Å². The van der Waals surface area contributed by atoms with Gasteiger partial charge in [0.2, 0.25) is 0 Å². The molecule has 4 aliphatic carbocycles. The van der Waals surface area contributed by atoms with E-state index in [1.165, 1.54) is 19.4 Å².